The maximum Gasteiger partial charge on any atom is 0.333 e. The summed E-state index contributed by atoms with van der Waals surface area (Å²) in [4.78, 5) is 21.0. The standard InChI is InChI=1S/C17H14BFN4O/c1-9-5-15(19)21-7-13(9)23-16-11-6-10(18)3-4-12(11)20-8-14(16)22(2)17(23)24/h3-8H,18H2,1-2H3. The van der Waals surface area contributed by atoms with Gasteiger partial charge in [0.15, 0.2) is 0 Å². The summed E-state index contributed by atoms with van der Waals surface area (Å²) in [6, 6.07) is 7.25. The molecule has 1 aromatic carbocycles. The fraction of sp³-hybridized carbons (Fsp3) is 0.118. The van der Waals surface area contributed by atoms with Gasteiger partial charge in [-0.05, 0) is 24.6 Å². The van der Waals surface area contributed by atoms with Gasteiger partial charge in [0.25, 0.3) is 0 Å². The molecule has 0 fully saturated rings. The van der Waals surface area contributed by atoms with Gasteiger partial charge in [0.1, 0.15) is 7.85 Å². The number of hydrogen-bond acceptors (Lipinski definition) is 3. The van der Waals surface area contributed by atoms with Gasteiger partial charge in [0.05, 0.1) is 34.6 Å². The molecular formula is C17H14BFN4O. The average molecular weight is 320 g/mol. The van der Waals surface area contributed by atoms with Gasteiger partial charge in [-0.25, -0.2) is 9.78 Å². The van der Waals surface area contributed by atoms with Gasteiger partial charge in [-0.15, -0.1) is 0 Å². The lowest BCUT2D eigenvalue weighted by Crippen LogP contribution is -2.21. The van der Waals surface area contributed by atoms with Gasteiger partial charge < -0.3 is 0 Å². The molecule has 0 aliphatic carbocycles. The quantitative estimate of drug-likeness (QED) is 0.388. The Balaban J connectivity index is 2.24. The van der Waals surface area contributed by atoms with Crippen molar-refractivity contribution in [2.75, 3.05) is 0 Å². The Hall–Kier alpha value is -2.96. The number of fused-ring (bicyclic) bond motifs is 3. The van der Waals surface area contributed by atoms with Crippen molar-refractivity contribution in [3.05, 3.63) is 58.7 Å². The molecule has 0 amide bonds. The Morgan fingerprint density at radius 3 is 2.71 bits per heavy atom. The van der Waals surface area contributed by atoms with E-state index in [2.05, 4.69) is 9.97 Å². The summed E-state index contributed by atoms with van der Waals surface area (Å²) >= 11 is 0. The molecule has 0 bridgehead atoms. The normalized spacial score (nSPS) is 11.5. The molecule has 0 saturated heterocycles. The van der Waals surface area contributed by atoms with Crippen LogP contribution in [-0.4, -0.2) is 26.9 Å². The highest BCUT2D eigenvalue weighted by Crippen LogP contribution is 2.25. The van der Waals surface area contributed by atoms with Crippen LogP contribution >= 0.6 is 0 Å². The monoisotopic (exact) mass is 320 g/mol. The van der Waals surface area contributed by atoms with Crippen molar-refractivity contribution in [2.24, 2.45) is 7.05 Å². The second-order valence-corrected chi connectivity index (χ2v) is 5.98. The van der Waals surface area contributed by atoms with Crippen LogP contribution in [-0.2, 0) is 7.05 Å². The molecule has 0 unspecified atom stereocenters. The topological polar surface area (TPSA) is 52.7 Å². The predicted octanol–water partition coefficient (Wildman–Crippen LogP) is 0.978. The van der Waals surface area contributed by atoms with E-state index in [1.165, 1.54) is 12.3 Å². The molecule has 4 rings (SSSR count). The van der Waals surface area contributed by atoms with Gasteiger partial charge in [-0.1, -0.05) is 17.6 Å². The van der Waals surface area contributed by atoms with E-state index in [9.17, 15) is 9.18 Å². The average Bonchev–Trinajstić information content (AvgIpc) is 2.80. The van der Waals surface area contributed by atoms with E-state index in [0.29, 0.717) is 11.3 Å². The molecule has 0 N–H and O–H groups in total. The number of rotatable bonds is 1. The highest BCUT2D eigenvalue weighted by Gasteiger charge is 2.17. The summed E-state index contributed by atoms with van der Waals surface area (Å²) in [5.74, 6) is -0.563. The van der Waals surface area contributed by atoms with E-state index in [1.54, 1.807) is 29.3 Å². The number of aromatic nitrogens is 4. The number of hydrogen-bond donors (Lipinski definition) is 0. The largest absolute Gasteiger partial charge is 0.333 e. The van der Waals surface area contributed by atoms with Crippen LogP contribution in [0.3, 0.4) is 0 Å². The van der Waals surface area contributed by atoms with Crippen LogP contribution in [0.2, 0.25) is 0 Å². The maximum atomic E-state index is 13.4. The summed E-state index contributed by atoms with van der Waals surface area (Å²) in [5.41, 5.74) is 4.37. The molecule has 0 aliphatic heterocycles. The third kappa shape index (κ3) is 1.97. The van der Waals surface area contributed by atoms with Gasteiger partial charge >= 0.3 is 5.69 Å². The molecule has 118 valence electrons. The van der Waals surface area contributed by atoms with E-state index in [1.807, 2.05) is 26.0 Å². The zero-order valence-corrected chi connectivity index (χ0v) is 13.5. The number of imidazole rings is 1. The molecule has 0 saturated carbocycles. The van der Waals surface area contributed by atoms with Crippen LogP contribution in [0.4, 0.5) is 4.39 Å². The Morgan fingerprint density at radius 1 is 1.17 bits per heavy atom. The molecular weight excluding hydrogens is 306 g/mol. The van der Waals surface area contributed by atoms with Crippen molar-refractivity contribution in [2.45, 2.75) is 6.92 Å². The molecule has 7 heteroatoms. The first-order valence-electron chi connectivity index (χ1n) is 7.56. The highest BCUT2D eigenvalue weighted by molar-refractivity contribution is 6.33. The highest BCUT2D eigenvalue weighted by atomic mass is 19.1. The Bertz CT molecular complexity index is 1180. The van der Waals surface area contributed by atoms with Gasteiger partial charge in [0, 0.05) is 12.4 Å². The van der Waals surface area contributed by atoms with E-state index in [-0.39, 0.29) is 5.69 Å². The van der Waals surface area contributed by atoms with Crippen LogP contribution in [0.15, 0.2) is 41.5 Å². The molecule has 4 aromatic rings. The van der Waals surface area contributed by atoms with Crippen LogP contribution in [0.5, 0.6) is 0 Å². The first-order chi connectivity index (χ1) is 11.5. The SMILES string of the molecule is Bc1ccc2ncc3c(c2c1)n(-c1cnc(F)cc1C)c(=O)n3C. The lowest BCUT2D eigenvalue weighted by molar-refractivity contribution is 0.581. The minimum absolute atomic E-state index is 0.211. The van der Waals surface area contributed by atoms with E-state index < -0.39 is 5.95 Å². The predicted molar refractivity (Wildman–Crippen MR) is 94.5 cm³/mol. The summed E-state index contributed by atoms with van der Waals surface area (Å²) in [5, 5.41) is 0.883. The Morgan fingerprint density at radius 2 is 1.96 bits per heavy atom. The van der Waals surface area contributed by atoms with Gasteiger partial charge in [0.2, 0.25) is 5.95 Å². The second kappa shape index (κ2) is 5.02. The Kier molecular flexibility index (Phi) is 3.06. The first kappa shape index (κ1) is 14.6. The molecule has 0 radical (unpaired) electrons. The molecule has 5 nitrogen and oxygen atoms in total. The van der Waals surface area contributed by atoms with Crippen LogP contribution < -0.4 is 11.2 Å². The van der Waals surface area contributed by atoms with Crippen LogP contribution in [0.25, 0.3) is 27.6 Å². The number of halogens is 1. The molecule has 0 aliphatic rings. The zero-order chi connectivity index (χ0) is 17.0. The third-order valence-corrected chi connectivity index (χ3v) is 4.33. The molecule has 3 heterocycles. The Labute approximate surface area is 137 Å². The minimum atomic E-state index is -0.563. The smallest absolute Gasteiger partial charge is 0.293 e. The molecule has 3 aromatic heterocycles. The van der Waals surface area contributed by atoms with E-state index >= 15 is 0 Å². The van der Waals surface area contributed by atoms with E-state index in [0.717, 1.165) is 27.4 Å². The molecule has 24 heavy (non-hydrogen) atoms. The second-order valence-electron chi connectivity index (χ2n) is 5.98. The summed E-state index contributed by atoms with van der Waals surface area (Å²) in [6.45, 7) is 1.76. The van der Waals surface area contributed by atoms with Crippen LogP contribution in [0, 0.1) is 12.9 Å². The molecule has 0 spiro atoms. The van der Waals surface area contributed by atoms with Crippen molar-refractivity contribution in [3.63, 3.8) is 0 Å². The lowest BCUT2D eigenvalue weighted by Gasteiger charge is -2.09. The maximum absolute atomic E-state index is 13.4. The van der Waals surface area contributed by atoms with E-state index in [4.69, 9.17) is 0 Å². The number of benzene rings is 1. The van der Waals surface area contributed by atoms with Crippen molar-refractivity contribution in [3.8, 4) is 5.69 Å². The molecule has 0 atom stereocenters. The number of nitrogens with zero attached hydrogens (tertiary/aromatic N) is 4. The fourth-order valence-electron chi connectivity index (χ4n) is 3.08. The van der Waals surface area contributed by atoms with Gasteiger partial charge in [-0.2, -0.15) is 4.39 Å². The zero-order valence-electron chi connectivity index (χ0n) is 13.5. The van der Waals surface area contributed by atoms with Crippen molar-refractivity contribution in [1.82, 2.24) is 19.1 Å². The summed E-state index contributed by atoms with van der Waals surface area (Å²) in [7, 11) is 3.70. The number of aryl methyl sites for hydroxylation is 2. The van der Waals surface area contributed by atoms with Crippen molar-refractivity contribution < 1.29 is 4.39 Å². The number of pyridine rings is 2. The third-order valence-electron chi connectivity index (χ3n) is 4.33. The minimum Gasteiger partial charge on any atom is -0.293 e. The summed E-state index contributed by atoms with van der Waals surface area (Å²) < 4.78 is 16.5. The van der Waals surface area contributed by atoms with Gasteiger partial charge in [-0.3, -0.25) is 14.1 Å². The summed E-state index contributed by atoms with van der Waals surface area (Å²) in [6.07, 6.45) is 3.09. The fourth-order valence-corrected chi connectivity index (χ4v) is 3.08. The van der Waals surface area contributed by atoms with Crippen molar-refractivity contribution >= 4 is 35.2 Å². The van der Waals surface area contributed by atoms with Crippen molar-refractivity contribution in [1.29, 1.82) is 0 Å². The van der Waals surface area contributed by atoms with Crippen LogP contribution in [0.1, 0.15) is 5.56 Å². The lowest BCUT2D eigenvalue weighted by atomic mass is 9.94. The first-order valence-corrected chi connectivity index (χ1v) is 7.56.